The van der Waals surface area contributed by atoms with Crippen molar-refractivity contribution in [3.05, 3.63) is 48.2 Å². The van der Waals surface area contributed by atoms with Gasteiger partial charge in [0.05, 0.1) is 18.3 Å². The first-order valence-electron chi connectivity index (χ1n) is 6.52. The van der Waals surface area contributed by atoms with Crippen LogP contribution >= 0.6 is 0 Å². The molecule has 2 aromatic carbocycles. The van der Waals surface area contributed by atoms with Crippen LogP contribution in [0.15, 0.2) is 42.6 Å². The van der Waals surface area contributed by atoms with E-state index in [-0.39, 0.29) is 11.3 Å². The number of aromatic carboxylic acids is 1. The molecule has 3 rings (SSSR count). The van der Waals surface area contributed by atoms with Crippen molar-refractivity contribution >= 4 is 22.6 Å². The Labute approximate surface area is 126 Å². The lowest BCUT2D eigenvalue weighted by Gasteiger charge is -2.08. The molecule has 22 heavy (non-hydrogen) atoms. The Balaban J connectivity index is 2.18. The zero-order valence-corrected chi connectivity index (χ0v) is 11.8. The second-order valence-electron chi connectivity index (χ2n) is 4.84. The average Bonchev–Trinajstić information content (AvgIpc) is 2.83. The number of fused-ring (bicyclic) bond motifs is 1. The third kappa shape index (κ3) is 2.10. The number of carboxylic acid groups (broad SMARTS) is 1. The molecule has 0 aliphatic heterocycles. The van der Waals surface area contributed by atoms with Crippen molar-refractivity contribution in [2.75, 3.05) is 12.8 Å². The number of benzene rings is 2. The maximum Gasteiger partial charge on any atom is 0.339 e. The van der Waals surface area contributed by atoms with Crippen LogP contribution in [0.5, 0.6) is 11.5 Å². The smallest absolute Gasteiger partial charge is 0.339 e. The quantitative estimate of drug-likeness (QED) is 0.690. The predicted molar refractivity (Wildman–Crippen MR) is 82.9 cm³/mol. The van der Waals surface area contributed by atoms with Crippen LogP contribution in [0.4, 0.5) is 5.69 Å². The molecule has 6 nitrogen and oxygen atoms in total. The van der Waals surface area contributed by atoms with E-state index in [4.69, 9.17) is 15.6 Å². The van der Waals surface area contributed by atoms with Gasteiger partial charge in [-0.25, -0.2) is 4.79 Å². The largest absolute Gasteiger partial charge is 0.507 e. The number of aromatic nitrogens is 1. The van der Waals surface area contributed by atoms with Gasteiger partial charge in [-0.05, 0) is 30.3 Å². The Morgan fingerprint density at radius 3 is 2.64 bits per heavy atom. The number of phenols is 1. The van der Waals surface area contributed by atoms with E-state index in [0.717, 1.165) is 10.9 Å². The number of carbonyl (C=O) groups is 1. The molecule has 0 unspecified atom stereocenters. The molecule has 0 saturated heterocycles. The Hall–Kier alpha value is -3.15. The number of anilines is 1. The van der Waals surface area contributed by atoms with Crippen molar-refractivity contribution < 1.29 is 19.7 Å². The second kappa shape index (κ2) is 5.00. The molecule has 0 radical (unpaired) electrons. The maximum absolute atomic E-state index is 11.0. The summed E-state index contributed by atoms with van der Waals surface area (Å²) in [6, 6.07) is 9.86. The molecule has 6 heteroatoms. The van der Waals surface area contributed by atoms with E-state index in [1.807, 2.05) is 18.2 Å². The van der Waals surface area contributed by atoms with E-state index in [1.54, 1.807) is 23.9 Å². The van der Waals surface area contributed by atoms with Crippen molar-refractivity contribution in [2.45, 2.75) is 0 Å². The molecular formula is C16H14N2O4. The maximum atomic E-state index is 11.0. The highest BCUT2D eigenvalue weighted by Crippen LogP contribution is 2.31. The molecule has 112 valence electrons. The van der Waals surface area contributed by atoms with E-state index >= 15 is 0 Å². The topological polar surface area (TPSA) is 97.7 Å². The van der Waals surface area contributed by atoms with Crippen molar-refractivity contribution in [3.63, 3.8) is 0 Å². The average molecular weight is 298 g/mol. The molecule has 4 N–H and O–H groups in total. The van der Waals surface area contributed by atoms with Crippen molar-refractivity contribution in [1.29, 1.82) is 0 Å². The van der Waals surface area contributed by atoms with Crippen LogP contribution in [0.25, 0.3) is 16.6 Å². The van der Waals surface area contributed by atoms with E-state index < -0.39 is 5.97 Å². The van der Waals surface area contributed by atoms with Crippen LogP contribution in [0.2, 0.25) is 0 Å². The van der Waals surface area contributed by atoms with E-state index in [2.05, 4.69) is 0 Å². The summed E-state index contributed by atoms with van der Waals surface area (Å²) in [4.78, 5) is 11.0. The number of ether oxygens (including phenoxy) is 1. The lowest BCUT2D eigenvalue weighted by molar-refractivity contribution is 0.0694. The van der Waals surface area contributed by atoms with Crippen molar-refractivity contribution in [2.24, 2.45) is 0 Å². The summed E-state index contributed by atoms with van der Waals surface area (Å²) in [7, 11) is 1.58. The number of aromatic hydroxyl groups is 1. The third-order valence-electron chi connectivity index (χ3n) is 3.53. The van der Waals surface area contributed by atoms with Gasteiger partial charge < -0.3 is 25.3 Å². The van der Waals surface area contributed by atoms with Gasteiger partial charge in [-0.2, -0.15) is 0 Å². The lowest BCUT2D eigenvalue weighted by Crippen LogP contribution is -1.99. The summed E-state index contributed by atoms with van der Waals surface area (Å²) in [5, 5.41) is 19.6. The number of hydrogen-bond acceptors (Lipinski definition) is 4. The minimum absolute atomic E-state index is 0.144. The van der Waals surface area contributed by atoms with E-state index in [1.165, 1.54) is 12.1 Å². The van der Waals surface area contributed by atoms with Gasteiger partial charge in [0, 0.05) is 23.3 Å². The Bertz CT molecular complexity index is 883. The number of hydrogen-bond donors (Lipinski definition) is 3. The molecule has 0 aliphatic rings. The first kappa shape index (κ1) is 13.8. The summed E-state index contributed by atoms with van der Waals surface area (Å²) in [5.74, 6) is -0.773. The molecule has 3 aromatic rings. The number of nitrogens with two attached hydrogens (primary N) is 1. The fourth-order valence-electron chi connectivity index (χ4n) is 2.43. The predicted octanol–water partition coefficient (Wildman–Crippen LogP) is 2.63. The fraction of sp³-hybridized carbons (Fsp3) is 0.0625. The molecule has 0 spiro atoms. The molecule has 1 heterocycles. The van der Waals surface area contributed by atoms with Crippen LogP contribution in [0.3, 0.4) is 0 Å². The molecule has 1 aromatic heterocycles. The second-order valence-corrected chi connectivity index (χ2v) is 4.84. The summed E-state index contributed by atoms with van der Waals surface area (Å²) in [6.07, 6.45) is 1.72. The minimum Gasteiger partial charge on any atom is -0.507 e. The Morgan fingerprint density at radius 1 is 1.23 bits per heavy atom. The molecule has 0 bridgehead atoms. The number of nitrogens with zero attached hydrogens (tertiary/aromatic N) is 1. The monoisotopic (exact) mass is 298 g/mol. The van der Waals surface area contributed by atoms with Crippen molar-refractivity contribution in [3.8, 4) is 17.2 Å². The van der Waals surface area contributed by atoms with Gasteiger partial charge in [-0.3, -0.25) is 0 Å². The standard InChI is InChI=1S/C16H14N2O4/c1-22-10-3-5-14-12(7-10)13(17)8-18(14)9-2-4-11(16(20)21)15(19)6-9/h2-8,19H,17H2,1H3,(H,20,21). The summed E-state index contributed by atoms with van der Waals surface area (Å²) < 4.78 is 6.97. The zero-order valence-electron chi connectivity index (χ0n) is 11.8. The van der Waals surface area contributed by atoms with E-state index in [9.17, 15) is 9.90 Å². The van der Waals surface area contributed by atoms with Crippen LogP contribution in [-0.4, -0.2) is 27.9 Å². The third-order valence-corrected chi connectivity index (χ3v) is 3.53. The number of rotatable bonds is 3. The van der Waals surface area contributed by atoms with E-state index in [0.29, 0.717) is 17.1 Å². The van der Waals surface area contributed by atoms with Gasteiger partial charge >= 0.3 is 5.97 Å². The molecule has 0 aliphatic carbocycles. The van der Waals surface area contributed by atoms with Gasteiger partial charge in [0.1, 0.15) is 17.1 Å². The van der Waals surface area contributed by atoms with Crippen LogP contribution < -0.4 is 10.5 Å². The van der Waals surface area contributed by atoms with Gasteiger partial charge in [0.25, 0.3) is 0 Å². The molecule has 0 saturated carbocycles. The zero-order chi connectivity index (χ0) is 15.9. The van der Waals surface area contributed by atoms with Gasteiger partial charge in [0.15, 0.2) is 0 Å². The number of methoxy groups -OCH3 is 1. The molecule has 0 atom stereocenters. The minimum atomic E-state index is -1.18. The first-order valence-corrected chi connectivity index (χ1v) is 6.52. The van der Waals surface area contributed by atoms with Gasteiger partial charge in [-0.15, -0.1) is 0 Å². The highest BCUT2D eigenvalue weighted by molar-refractivity contribution is 5.95. The first-order chi connectivity index (χ1) is 10.5. The Kier molecular flexibility index (Phi) is 3.14. The molecule has 0 amide bonds. The van der Waals surface area contributed by atoms with Crippen LogP contribution in [0.1, 0.15) is 10.4 Å². The van der Waals surface area contributed by atoms with Crippen molar-refractivity contribution in [1.82, 2.24) is 4.57 Å². The highest BCUT2D eigenvalue weighted by Gasteiger charge is 2.13. The normalized spacial score (nSPS) is 10.8. The van der Waals surface area contributed by atoms with Gasteiger partial charge in [0.2, 0.25) is 0 Å². The Morgan fingerprint density at radius 2 is 2.00 bits per heavy atom. The fourth-order valence-corrected chi connectivity index (χ4v) is 2.43. The number of nitrogen functional groups attached to an aromatic ring is 1. The highest BCUT2D eigenvalue weighted by atomic mass is 16.5. The molecular weight excluding hydrogens is 284 g/mol. The summed E-state index contributed by atoms with van der Waals surface area (Å²) in [6.45, 7) is 0. The number of carboxylic acids is 1. The van der Waals surface area contributed by atoms with Crippen LogP contribution in [0, 0.1) is 0 Å². The molecule has 0 fully saturated rings. The summed E-state index contributed by atoms with van der Waals surface area (Å²) >= 11 is 0. The SMILES string of the molecule is COc1ccc2c(c1)c(N)cn2-c1ccc(C(=O)O)c(O)c1. The lowest BCUT2D eigenvalue weighted by atomic mass is 10.1. The van der Waals surface area contributed by atoms with Crippen LogP contribution in [-0.2, 0) is 0 Å². The summed E-state index contributed by atoms with van der Waals surface area (Å²) in [5.41, 5.74) is 7.90. The van der Waals surface area contributed by atoms with Gasteiger partial charge in [-0.1, -0.05) is 0 Å².